The van der Waals surface area contributed by atoms with Crippen molar-refractivity contribution >= 4 is 11.6 Å². The van der Waals surface area contributed by atoms with Gasteiger partial charge in [0, 0.05) is 35.8 Å². The summed E-state index contributed by atoms with van der Waals surface area (Å²) in [6, 6.07) is 10.1. The topological polar surface area (TPSA) is 72.3 Å². The molecule has 40 heavy (non-hydrogen) atoms. The van der Waals surface area contributed by atoms with Gasteiger partial charge < -0.3 is 19.5 Å². The molecule has 0 radical (unpaired) electrons. The molecule has 10 heteroatoms. The van der Waals surface area contributed by atoms with E-state index in [9.17, 15) is 18.0 Å². The van der Waals surface area contributed by atoms with Crippen LogP contribution in [0.2, 0.25) is 0 Å². The lowest BCUT2D eigenvalue weighted by Gasteiger charge is -2.42. The van der Waals surface area contributed by atoms with E-state index in [0.29, 0.717) is 30.9 Å². The molecule has 1 saturated heterocycles. The van der Waals surface area contributed by atoms with Crippen molar-refractivity contribution < 1.29 is 22.7 Å². The lowest BCUT2D eigenvalue weighted by Crippen LogP contribution is -2.49. The van der Waals surface area contributed by atoms with Crippen LogP contribution in [0.3, 0.4) is 0 Å². The van der Waals surface area contributed by atoms with Crippen LogP contribution in [-0.4, -0.2) is 39.4 Å². The molecule has 0 bridgehead atoms. The first-order valence-electron chi connectivity index (χ1n) is 13.9. The number of alkyl halides is 3. The van der Waals surface area contributed by atoms with Crippen molar-refractivity contribution in [2.45, 2.75) is 69.8 Å². The maximum atomic E-state index is 14.4. The molecule has 1 amide bonds. The van der Waals surface area contributed by atoms with Crippen LogP contribution in [-0.2, 0) is 24.5 Å². The molecule has 1 saturated carbocycles. The Morgan fingerprint density at radius 2 is 1.95 bits per heavy atom. The summed E-state index contributed by atoms with van der Waals surface area (Å²) in [7, 11) is 1.88. The maximum Gasteiger partial charge on any atom is 0.416 e. The molecule has 6 rings (SSSR count). The molecular weight excluding hydrogens is 519 g/mol. The summed E-state index contributed by atoms with van der Waals surface area (Å²) in [5.41, 5.74) is 1.35. The normalized spacial score (nSPS) is 20.1. The van der Waals surface area contributed by atoms with E-state index < -0.39 is 17.6 Å². The number of fused-ring (bicyclic) bond motifs is 1. The Balaban J connectivity index is 1.36. The minimum absolute atomic E-state index is 0.0357. The number of aromatic nitrogens is 3. The molecule has 7 nitrogen and oxygen atoms in total. The van der Waals surface area contributed by atoms with Gasteiger partial charge in [0.25, 0.3) is 5.91 Å². The molecule has 212 valence electrons. The molecule has 2 fully saturated rings. The quantitative estimate of drug-likeness (QED) is 0.384. The van der Waals surface area contributed by atoms with E-state index in [1.807, 2.05) is 36.7 Å². The van der Waals surface area contributed by atoms with Gasteiger partial charge in [-0.15, -0.1) is 10.2 Å². The van der Waals surface area contributed by atoms with Gasteiger partial charge in [-0.3, -0.25) is 4.79 Å². The van der Waals surface area contributed by atoms with Crippen LogP contribution < -0.4 is 10.2 Å². The van der Waals surface area contributed by atoms with Crippen LogP contribution in [0.5, 0.6) is 0 Å². The summed E-state index contributed by atoms with van der Waals surface area (Å²) in [5, 5.41) is 11.9. The highest BCUT2D eigenvalue weighted by atomic mass is 19.4. The van der Waals surface area contributed by atoms with Crippen molar-refractivity contribution in [3.63, 3.8) is 0 Å². The molecule has 1 aliphatic carbocycles. The van der Waals surface area contributed by atoms with Crippen molar-refractivity contribution in [3.05, 3.63) is 76.4 Å². The highest BCUT2D eigenvalue weighted by Gasteiger charge is 2.42. The SMILES string of the molecule is CC[C@@H](NC1(C)CCC1)c1cc2c(c(C(F)(F)F)c1)CN(c1cccc([C@H](c3nncn3C)C3COC3)c1)C2=O. The Kier molecular flexibility index (Phi) is 6.73. The summed E-state index contributed by atoms with van der Waals surface area (Å²) in [6.45, 7) is 5.11. The van der Waals surface area contributed by atoms with Crippen LogP contribution in [0.25, 0.3) is 0 Å². The van der Waals surface area contributed by atoms with Gasteiger partial charge in [-0.05, 0) is 73.6 Å². The van der Waals surface area contributed by atoms with E-state index in [2.05, 4.69) is 22.4 Å². The number of carbonyl (C=O) groups is 1. The van der Waals surface area contributed by atoms with Gasteiger partial charge in [0.1, 0.15) is 12.2 Å². The van der Waals surface area contributed by atoms with E-state index in [4.69, 9.17) is 4.74 Å². The van der Waals surface area contributed by atoms with E-state index in [0.717, 1.165) is 30.7 Å². The number of halogens is 3. The molecule has 3 aromatic rings. The van der Waals surface area contributed by atoms with Gasteiger partial charge in [0.05, 0.1) is 31.2 Å². The smallest absolute Gasteiger partial charge is 0.381 e. The minimum Gasteiger partial charge on any atom is -0.381 e. The monoisotopic (exact) mass is 553 g/mol. The average molecular weight is 554 g/mol. The zero-order valence-electron chi connectivity index (χ0n) is 23.0. The summed E-state index contributed by atoms with van der Waals surface area (Å²) >= 11 is 0. The molecule has 2 aliphatic heterocycles. The molecule has 2 aromatic carbocycles. The van der Waals surface area contributed by atoms with E-state index in [-0.39, 0.29) is 41.1 Å². The Hall–Kier alpha value is -3.24. The molecule has 2 atom stereocenters. The number of hydrogen-bond donors (Lipinski definition) is 1. The second kappa shape index (κ2) is 9.99. The van der Waals surface area contributed by atoms with Crippen LogP contribution in [0.15, 0.2) is 42.7 Å². The first kappa shape index (κ1) is 27.0. The number of nitrogens with zero attached hydrogens (tertiary/aromatic N) is 4. The van der Waals surface area contributed by atoms with E-state index in [1.54, 1.807) is 18.5 Å². The molecular formula is C30H34F3N5O2. The van der Waals surface area contributed by atoms with Gasteiger partial charge >= 0.3 is 6.18 Å². The number of amides is 1. The van der Waals surface area contributed by atoms with Crippen molar-refractivity contribution in [1.29, 1.82) is 0 Å². The third-order valence-electron chi connectivity index (χ3n) is 8.86. The van der Waals surface area contributed by atoms with Gasteiger partial charge in [-0.25, -0.2) is 0 Å². The predicted molar refractivity (Wildman–Crippen MR) is 144 cm³/mol. The lowest BCUT2D eigenvalue weighted by molar-refractivity contribution is -0.138. The van der Waals surface area contributed by atoms with Crippen LogP contribution in [0, 0.1) is 5.92 Å². The molecule has 1 aromatic heterocycles. The van der Waals surface area contributed by atoms with E-state index in [1.165, 1.54) is 11.0 Å². The van der Waals surface area contributed by atoms with Crippen molar-refractivity contribution in [2.24, 2.45) is 13.0 Å². The van der Waals surface area contributed by atoms with Crippen LogP contribution in [0.4, 0.5) is 18.9 Å². The minimum atomic E-state index is -4.57. The number of benzene rings is 2. The highest BCUT2D eigenvalue weighted by molar-refractivity contribution is 6.10. The second-order valence-corrected chi connectivity index (χ2v) is 11.7. The number of carbonyl (C=O) groups excluding carboxylic acids is 1. The Morgan fingerprint density at radius 3 is 2.52 bits per heavy atom. The van der Waals surface area contributed by atoms with Crippen LogP contribution in [0.1, 0.15) is 89.9 Å². The molecule has 1 N–H and O–H groups in total. The molecule has 3 aliphatic rings. The van der Waals surface area contributed by atoms with Gasteiger partial charge in [-0.1, -0.05) is 19.1 Å². The lowest BCUT2D eigenvalue weighted by atomic mass is 9.77. The number of hydrogen-bond acceptors (Lipinski definition) is 5. The fraction of sp³-hybridized carbons (Fsp3) is 0.500. The number of anilines is 1. The average Bonchev–Trinajstić information content (AvgIpc) is 3.45. The third-order valence-corrected chi connectivity index (χ3v) is 8.86. The van der Waals surface area contributed by atoms with Crippen molar-refractivity contribution in [2.75, 3.05) is 18.1 Å². The first-order valence-corrected chi connectivity index (χ1v) is 13.9. The van der Waals surface area contributed by atoms with E-state index >= 15 is 0 Å². The first-order chi connectivity index (χ1) is 19.1. The van der Waals surface area contributed by atoms with Gasteiger partial charge in [-0.2, -0.15) is 13.2 Å². The van der Waals surface area contributed by atoms with Crippen molar-refractivity contribution in [1.82, 2.24) is 20.1 Å². The largest absolute Gasteiger partial charge is 0.416 e. The fourth-order valence-corrected chi connectivity index (χ4v) is 6.32. The summed E-state index contributed by atoms with van der Waals surface area (Å²) in [4.78, 5) is 15.2. The number of nitrogens with one attached hydrogen (secondary N) is 1. The number of ether oxygens (including phenoxy) is 1. The van der Waals surface area contributed by atoms with Crippen molar-refractivity contribution in [3.8, 4) is 0 Å². The summed E-state index contributed by atoms with van der Waals surface area (Å²) < 4.78 is 50.5. The second-order valence-electron chi connectivity index (χ2n) is 11.7. The zero-order chi connectivity index (χ0) is 28.2. The number of aryl methyl sites for hydroxylation is 1. The Bertz CT molecular complexity index is 1430. The standard InChI is InChI=1S/C30H34F3N5O2/c1-4-25(35-29(2)9-6-10-29)19-12-22-23(24(13-19)30(31,32)33)14-38(28(22)39)21-8-5-7-18(11-21)26(20-15-40-16-20)27-36-34-17-37(27)3/h5,7-8,11-13,17,20,25-26,35H,4,6,9-10,14-16H2,1-3H3/t25-,26+/m1/s1. The van der Waals surface area contributed by atoms with Crippen LogP contribution >= 0.6 is 0 Å². The molecule has 0 spiro atoms. The highest BCUT2D eigenvalue weighted by Crippen LogP contribution is 2.43. The fourth-order valence-electron chi connectivity index (χ4n) is 6.32. The zero-order valence-corrected chi connectivity index (χ0v) is 23.0. The number of rotatable bonds is 8. The Labute approximate surface area is 231 Å². The third kappa shape index (κ3) is 4.71. The summed E-state index contributed by atoms with van der Waals surface area (Å²) in [6.07, 6.45) is 0.789. The van der Waals surface area contributed by atoms with Gasteiger partial charge in [0.15, 0.2) is 0 Å². The maximum absolute atomic E-state index is 14.4. The molecule has 0 unspecified atom stereocenters. The summed E-state index contributed by atoms with van der Waals surface area (Å²) in [5.74, 6) is 0.457. The van der Waals surface area contributed by atoms with Gasteiger partial charge in [0.2, 0.25) is 0 Å². The predicted octanol–water partition coefficient (Wildman–Crippen LogP) is 5.76. The molecule has 3 heterocycles. The Morgan fingerprint density at radius 1 is 1.18 bits per heavy atom.